The Kier molecular flexibility index (Phi) is 3.66. The summed E-state index contributed by atoms with van der Waals surface area (Å²) in [6.45, 7) is 3.59. The fourth-order valence-electron chi connectivity index (χ4n) is 1.98. The van der Waals surface area contributed by atoms with Gasteiger partial charge in [-0.2, -0.15) is 0 Å². The van der Waals surface area contributed by atoms with Crippen LogP contribution in [0, 0.1) is 0 Å². The minimum atomic E-state index is -0.826. The second-order valence-corrected chi connectivity index (χ2v) is 6.23. The Bertz CT molecular complexity index is 827. The minimum Gasteiger partial charge on any atom is -0.315 e. The van der Waals surface area contributed by atoms with Crippen molar-refractivity contribution in [2.24, 2.45) is 0 Å². The Hall–Kier alpha value is -2.28. The van der Waals surface area contributed by atoms with Crippen LogP contribution in [0.15, 0.2) is 47.1 Å². The number of hydrogen-bond acceptors (Lipinski definition) is 5. The molecule has 0 N–H and O–H groups in total. The van der Waals surface area contributed by atoms with Crippen molar-refractivity contribution in [3.63, 3.8) is 0 Å². The van der Waals surface area contributed by atoms with E-state index in [1.54, 1.807) is 32.2 Å². The predicted octanol–water partition coefficient (Wildman–Crippen LogP) is 2.52. The lowest BCUT2D eigenvalue weighted by molar-refractivity contribution is -0.151. The molecule has 3 aromatic rings. The standard InChI is InChI=1S/C15H13BrN4O2/c1-15(2,10-5-7-11(16)8-6-10)14(21)22-20-13-12(18-19-20)4-3-9-17-13/h3-9H,1-2H3. The van der Waals surface area contributed by atoms with Gasteiger partial charge in [-0.15, -0.1) is 5.10 Å². The van der Waals surface area contributed by atoms with E-state index < -0.39 is 11.4 Å². The van der Waals surface area contributed by atoms with Crippen LogP contribution in [0.1, 0.15) is 19.4 Å². The maximum absolute atomic E-state index is 12.5. The second-order valence-electron chi connectivity index (χ2n) is 5.32. The number of carbonyl (C=O) groups excluding carboxylic acids is 1. The van der Waals surface area contributed by atoms with Crippen LogP contribution in [-0.4, -0.2) is 26.1 Å². The third kappa shape index (κ3) is 2.59. The molecule has 6 nitrogen and oxygen atoms in total. The molecule has 0 fully saturated rings. The summed E-state index contributed by atoms with van der Waals surface area (Å²) in [7, 11) is 0. The lowest BCUT2D eigenvalue weighted by Gasteiger charge is -2.22. The molecule has 0 aliphatic rings. The third-order valence-corrected chi connectivity index (χ3v) is 3.96. The number of fused-ring (bicyclic) bond motifs is 1. The van der Waals surface area contributed by atoms with E-state index >= 15 is 0 Å². The third-order valence-electron chi connectivity index (χ3n) is 3.43. The lowest BCUT2D eigenvalue weighted by Crippen LogP contribution is -2.37. The van der Waals surface area contributed by atoms with Gasteiger partial charge in [-0.05, 0) is 53.7 Å². The normalized spacial score (nSPS) is 11.6. The van der Waals surface area contributed by atoms with Gasteiger partial charge < -0.3 is 4.84 Å². The summed E-state index contributed by atoms with van der Waals surface area (Å²) in [4.78, 5) is 23.0. The van der Waals surface area contributed by atoms with E-state index in [4.69, 9.17) is 4.84 Å². The van der Waals surface area contributed by atoms with Crippen LogP contribution in [-0.2, 0) is 10.2 Å². The van der Waals surface area contributed by atoms with Crippen LogP contribution in [0.25, 0.3) is 11.2 Å². The van der Waals surface area contributed by atoms with Gasteiger partial charge in [0.1, 0.15) is 5.52 Å². The smallest absolute Gasteiger partial charge is 0.315 e. The zero-order valence-electron chi connectivity index (χ0n) is 12.0. The molecule has 0 amide bonds. The molecule has 7 heteroatoms. The van der Waals surface area contributed by atoms with Crippen LogP contribution in [0.2, 0.25) is 0 Å². The summed E-state index contributed by atoms with van der Waals surface area (Å²) in [5, 5.41) is 7.72. The number of nitrogens with zero attached hydrogens (tertiary/aromatic N) is 4. The zero-order chi connectivity index (χ0) is 15.7. The van der Waals surface area contributed by atoms with E-state index in [1.165, 1.54) is 0 Å². The fourth-order valence-corrected chi connectivity index (χ4v) is 2.25. The number of pyridine rings is 1. The largest absolute Gasteiger partial charge is 0.344 e. The molecule has 2 heterocycles. The number of benzene rings is 1. The summed E-state index contributed by atoms with van der Waals surface area (Å²) < 4.78 is 0.951. The van der Waals surface area contributed by atoms with Gasteiger partial charge in [0, 0.05) is 10.7 Å². The lowest BCUT2D eigenvalue weighted by atomic mass is 9.85. The first-order valence-electron chi connectivity index (χ1n) is 6.64. The molecule has 22 heavy (non-hydrogen) atoms. The first kappa shape index (κ1) is 14.6. The van der Waals surface area contributed by atoms with Gasteiger partial charge >= 0.3 is 5.97 Å². The average Bonchev–Trinajstić information content (AvgIpc) is 2.91. The van der Waals surface area contributed by atoms with Crippen molar-refractivity contribution in [3.05, 3.63) is 52.6 Å². The molecule has 2 aromatic heterocycles. The van der Waals surface area contributed by atoms with Crippen LogP contribution in [0.4, 0.5) is 0 Å². The number of halogens is 1. The van der Waals surface area contributed by atoms with Crippen LogP contribution >= 0.6 is 15.9 Å². The van der Waals surface area contributed by atoms with E-state index in [9.17, 15) is 4.79 Å². The van der Waals surface area contributed by atoms with Crippen molar-refractivity contribution in [1.82, 2.24) is 20.1 Å². The molecule has 0 atom stereocenters. The Morgan fingerprint density at radius 3 is 2.68 bits per heavy atom. The molecule has 112 valence electrons. The molecule has 0 saturated carbocycles. The maximum atomic E-state index is 12.5. The molecule has 0 aliphatic carbocycles. The summed E-state index contributed by atoms with van der Waals surface area (Å²) >= 11 is 3.38. The van der Waals surface area contributed by atoms with Gasteiger partial charge in [-0.1, -0.05) is 28.1 Å². The Morgan fingerprint density at radius 2 is 1.95 bits per heavy atom. The van der Waals surface area contributed by atoms with E-state index in [-0.39, 0.29) is 0 Å². The van der Waals surface area contributed by atoms with E-state index in [1.807, 2.05) is 24.3 Å². The van der Waals surface area contributed by atoms with Gasteiger partial charge in [0.25, 0.3) is 0 Å². The van der Waals surface area contributed by atoms with Gasteiger partial charge in [0.05, 0.1) is 5.41 Å². The number of carbonyl (C=O) groups is 1. The first-order chi connectivity index (χ1) is 10.5. The molecule has 1 aromatic carbocycles. The Labute approximate surface area is 135 Å². The van der Waals surface area contributed by atoms with Crippen LogP contribution < -0.4 is 4.84 Å². The van der Waals surface area contributed by atoms with Crippen molar-refractivity contribution in [3.8, 4) is 0 Å². The highest BCUT2D eigenvalue weighted by atomic mass is 79.9. The van der Waals surface area contributed by atoms with Crippen LogP contribution in [0.3, 0.4) is 0 Å². The molecule has 0 bridgehead atoms. The Balaban J connectivity index is 1.88. The quantitative estimate of drug-likeness (QED) is 0.671. The summed E-state index contributed by atoms with van der Waals surface area (Å²) in [5.74, 6) is -0.438. The molecule has 0 spiro atoms. The average molecular weight is 361 g/mol. The predicted molar refractivity (Wildman–Crippen MR) is 84.1 cm³/mol. The summed E-state index contributed by atoms with van der Waals surface area (Å²) in [6, 6.07) is 11.0. The number of hydrogen-bond donors (Lipinski definition) is 0. The second kappa shape index (κ2) is 5.49. The summed E-state index contributed by atoms with van der Waals surface area (Å²) in [5.41, 5.74) is 0.991. The van der Waals surface area contributed by atoms with Gasteiger partial charge in [0.2, 0.25) is 5.65 Å². The summed E-state index contributed by atoms with van der Waals surface area (Å²) in [6.07, 6.45) is 1.59. The Morgan fingerprint density at radius 1 is 1.23 bits per heavy atom. The van der Waals surface area contributed by atoms with Crippen molar-refractivity contribution < 1.29 is 9.63 Å². The van der Waals surface area contributed by atoms with E-state index in [0.29, 0.717) is 11.2 Å². The SMILES string of the molecule is CC(C)(C(=O)On1nnc2cccnc21)c1ccc(Br)cc1. The van der Waals surface area contributed by atoms with E-state index in [0.717, 1.165) is 14.9 Å². The van der Waals surface area contributed by atoms with Gasteiger partial charge in [0.15, 0.2) is 0 Å². The molecule has 0 unspecified atom stereocenters. The molecule has 3 rings (SSSR count). The molecule has 0 saturated heterocycles. The van der Waals surface area contributed by atoms with E-state index in [2.05, 4.69) is 31.2 Å². The molecular weight excluding hydrogens is 348 g/mol. The topological polar surface area (TPSA) is 69.9 Å². The van der Waals surface area contributed by atoms with Gasteiger partial charge in [-0.25, -0.2) is 9.78 Å². The maximum Gasteiger partial charge on any atom is 0.344 e. The van der Waals surface area contributed by atoms with Crippen molar-refractivity contribution >= 4 is 33.1 Å². The monoisotopic (exact) mass is 360 g/mol. The molecule has 0 radical (unpaired) electrons. The van der Waals surface area contributed by atoms with Crippen LogP contribution in [0.5, 0.6) is 0 Å². The zero-order valence-corrected chi connectivity index (χ0v) is 13.6. The van der Waals surface area contributed by atoms with Crippen molar-refractivity contribution in [1.29, 1.82) is 0 Å². The molecular formula is C15H13BrN4O2. The number of rotatable bonds is 3. The van der Waals surface area contributed by atoms with Crippen molar-refractivity contribution in [2.45, 2.75) is 19.3 Å². The minimum absolute atomic E-state index is 0.405. The number of aromatic nitrogens is 4. The fraction of sp³-hybridized carbons (Fsp3) is 0.200. The highest BCUT2D eigenvalue weighted by Gasteiger charge is 2.33. The van der Waals surface area contributed by atoms with Gasteiger partial charge in [-0.3, -0.25) is 0 Å². The molecule has 0 aliphatic heterocycles. The van der Waals surface area contributed by atoms with Crippen molar-refractivity contribution in [2.75, 3.05) is 0 Å². The highest BCUT2D eigenvalue weighted by molar-refractivity contribution is 9.10. The highest BCUT2D eigenvalue weighted by Crippen LogP contribution is 2.25. The first-order valence-corrected chi connectivity index (χ1v) is 7.43.